The molecule has 2 N–H and O–H groups in total. The average molecular weight is 262 g/mol. The van der Waals surface area contributed by atoms with Crippen LogP contribution in [0, 0.1) is 27.7 Å². The van der Waals surface area contributed by atoms with Gasteiger partial charge in [-0.25, -0.2) is 4.98 Å². The van der Waals surface area contributed by atoms with Gasteiger partial charge in [0.05, 0.1) is 18.4 Å². The van der Waals surface area contributed by atoms with Crippen molar-refractivity contribution >= 4 is 16.3 Å². The minimum absolute atomic E-state index is 0.768. The molecule has 4 heteroatoms. The molecule has 0 saturated heterocycles. The smallest absolute Gasteiger partial charge is 0.132 e. The zero-order chi connectivity index (χ0) is 13.4. The number of benzene rings is 1. The molecule has 0 aliphatic carbocycles. The summed E-state index contributed by atoms with van der Waals surface area (Å²) >= 11 is 1.51. The fourth-order valence-corrected chi connectivity index (χ4v) is 3.03. The van der Waals surface area contributed by atoms with Gasteiger partial charge in [0.2, 0.25) is 0 Å². The summed E-state index contributed by atoms with van der Waals surface area (Å²) < 4.78 is 5.57. The summed E-state index contributed by atoms with van der Waals surface area (Å²) in [6.45, 7) is 8.17. The standard InChI is InChI=1S/C14H18N2OS/c1-7-6-8(2)11(12(17-5)9(7)3)14-16-10(4)13(15)18-14/h6H,15H2,1-5H3. The molecular weight excluding hydrogens is 244 g/mol. The summed E-state index contributed by atoms with van der Waals surface area (Å²) in [6.07, 6.45) is 0. The summed E-state index contributed by atoms with van der Waals surface area (Å²) in [5.74, 6) is 0.904. The first kappa shape index (κ1) is 12.9. The maximum absolute atomic E-state index is 5.90. The highest BCUT2D eigenvalue weighted by molar-refractivity contribution is 7.19. The van der Waals surface area contributed by atoms with Crippen LogP contribution in [0.3, 0.4) is 0 Å². The average Bonchev–Trinajstić information content (AvgIpc) is 2.63. The van der Waals surface area contributed by atoms with Crippen molar-refractivity contribution in [2.45, 2.75) is 27.7 Å². The number of anilines is 1. The van der Waals surface area contributed by atoms with Crippen LogP contribution in [0.2, 0.25) is 0 Å². The van der Waals surface area contributed by atoms with Crippen LogP contribution >= 0.6 is 11.3 Å². The fraction of sp³-hybridized carbons (Fsp3) is 0.357. The van der Waals surface area contributed by atoms with Crippen molar-refractivity contribution in [2.75, 3.05) is 12.8 Å². The van der Waals surface area contributed by atoms with E-state index >= 15 is 0 Å². The number of ether oxygens (including phenoxy) is 1. The predicted molar refractivity (Wildman–Crippen MR) is 77.5 cm³/mol. The summed E-state index contributed by atoms with van der Waals surface area (Å²) in [5, 5.41) is 1.70. The van der Waals surface area contributed by atoms with E-state index in [1.807, 2.05) is 6.92 Å². The molecular formula is C14H18N2OS. The first-order valence-corrected chi connectivity index (χ1v) is 6.65. The van der Waals surface area contributed by atoms with Crippen LogP contribution in [-0.4, -0.2) is 12.1 Å². The number of hydrogen-bond acceptors (Lipinski definition) is 4. The molecule has 1 heterocycles. The Kier molecular flexibility index (Phi) is 3.30. The molecule has 3 nitrogen and oxygen atoms in total. The Morgan fingerprint density at radius 2 is 1.83 bits per heavy atom. The molecule has 0 spiro atoms. The van der Waals surface area contributed by atoms with Crippen LogP contribution in [0.1, 0.15) is 22.4 Å². The van der Waals surface area contributed by atoms with Gasteiger partial charge in [0, 0.05) is 0 Å². The molecule has 0 saturated carbocycles. The molecule has 0 atom stereocenters. The van der Waals surface area contributed by atoms with Gasteiger partial charge in [-0.3, -0.25) is 0 Å². The molecule has 2 aromatic rings. The van der Waals surface area contributed by atoms with Crippen molar-refractivity contribution in [1.29, 1.82) is 0 Å². The van der Waals surface area contributed by atoms with Crippen LogP contribution in [0.5, 0.6) is 5.75 Å². The highest BCUT2D eigenvalue weighted by Crippen LogP contribution is 2.40. The molecule has 96 valence electrons. The Morgan fingerprint density at radius 3 is 2.33 bits per heavy atom. The van der Waals surface area contributed by atoms with E-state index in [1.54, 1.807) is 7.11 Å². The van der Waals surface area contributed by atoms with Crippen molar-refractivity contribution < 1.29 is 4.74 Å². The number of aryl methyl sites for hydroxylation is 3. The first-order valence-electron chi connectivity index (χ1n) is 5.83. The van der Waals surface area contributed by atoms with Crippen LogP contribution in [-0.2, 0) is 0 Å². The molecule has 1 aromatic heterocycles. The van der Waals surface area contributed by atoms with Crippen LogP contribution in [0.15, 0.2) is 6.07 Å². The third-order valence-corrected chi connectivity index (χ3v) is 4.24. The van der Waals surface area contributed by atoms with Gasteiger partial charge in [-0.15, -0.1) is 0 Å². The van der Waals surface area contributed by atoms with Gasteiger partial charge in [0.25, 0.3) is 0 Å². The predicted octanol–water partition coefficient (Wildman–Crippen LogP) is 3.63. The molecule has 18 heavy (non-hydrogen) atoms. The lowest BCUT2D eigenvalue weighted by atomic mass is 9.99. The minimum atomic E-state index is 0.768. The Hall–Kier alpha value is -1.55. The molecule has 0 bridgehead atoms. The third-order valence-electron chi connectivity index (χ3n) is 3.24. The molecule has 0 aliphatic heterocycles. The normalized spacial score (nSPS) is 10.7. The van der Waals surface area contributed by atoms with Crippen molar-refractivity contribution in [1.82, 2.24) is 4.98 Å². The van der Waals surface area contributed by atoms with Gasteiger partial charge in [-0.05, 0) is 44.4 Å². The topological polar surface area (TPSA) is 48.1 Å². The van der Waals surface area contributed by atoms with Gasteiger partial charge < -0.3 is 10.5 Å². The van der Waals surface area contributed by atoms with Gasteiger partial charge in [0.1, 0.15) is 15.8 Å². The molecule has 0 aliphatic rings. The zero-order valence-electron chi connectivity index (χ0n) is 11.4. The van der Waals surface area contributed by atoms with Crippen molar-refractivity contribution in [3.63, 3.8) is 0 Å². The second-order valence-corrected chi connectivity index (χ2v) is 5.54. The fourth-order valence-electron chi connectivity index (χ4n) is 2.09. The van der Waals surface area contributed by atoms with E-state index in [-0.39, 0.29) is 0 Å². The zero-order valence-corrected chi connectivity index (χ0v) is 12.2. The highest BCUT2D eigenvalue weighted by atomic mass is 32.1. The van der Waals surface area contributed by atoms with Crippen molar-refractivity contribution in [3.8, 4) is 16.3 Å². The summed E-state index contributed by atoms with van der Waals surface area (Å²) in [5.41, 5.74) is 11.4. The Labute approximate surface area is 112 Å². The second kappa shape index (κ2) is 4.61. The molecule has 0 radical (unpaired) electrons. The Balaban J connectivity index is 2.74. The van der Waals surface area contributed by atoms with E-state index in [0.717, 1.165) is 32.6 Å². The van der Waals surface area contributed by atoms with E-state index in [2.05, 4.69) is 31.8 Å². The Morgan fingerprint density at radius 1 is 1.17 bits per heavy atom. The molecule has 1 aromatic carbocycles. The number of nitrogens with two attached hydrogens (primary N) is 1. The van der Waals surface area contributed by atoms with Crippen LogP contribution < -0.4 is 10.5 Å². The highest BCUT2D eigenvalue weighted by Gasteiger charge is 2.17. The summed E-state index contributed by atoms with van der Waals surface area (Å²) in [4.78, 5) is 4.53. The van der Waals surface area contributed by atoms with Crippen molar-refractivity contribution in [3.05, 3.63) is 28.5 Å². The maximum atomic E-state index is 5.90. The molecule has 0 fully saturated rings. The minimum Gasteiger partial charge on any atom is -0.496 e. The first-order chi connectivity index (χ1) is 8.45. The summed E-state index contributed by atoms with van der Waals surface area (Å²) in [6, 6.07) is 2.17. The van der Waals surface area contributed by atoms with Gasteiger partial charge in [-0.1, -0.05) is 17.4 Å². The van der Waals surface area contributed by atoms with E-state index in [4.69, 9.17) is 10.5 Å². The van der Waals surface area contributed by atoms with Gasteiger partial charge in [-0.2, -0.15) is 0 Å². The molecule has 0 unspecified atom stereocenters. The molecule has 2 rings (SSSR count). The number of nitrogens with zero attached hydrogens (tertiary/aromatic N) is 1. The van der Waals surface area contributed by atoms with Crippen LogP contribution in [0.25, 0.3) is 10.6 Å². The Bertz CT molecular complexity index is 583. The number of rotatable bonds is 2. The summed E-state index contributed by atoms with van der Waals surface area (Å²) in [7, 11) is 1.70. The lowest BCUT2D eigenvalue weighted by Gasteiger charge is -2.14. The SMILES string of the molecule is COc1c(C)c(C)cc(C)c1-c1nc(C)c(N)s1. The largest absolute Gasteiger partial charge is 0.496 e. The number of hydrogen-bond donors (Lipinski definition) is 1. The third kappa shape index (κ3) is 1.97. The maximum Gasteiger partial charge on any atom is 0.132 e. The monoisotopic (exact) mass is 262 g/mol. The molecule has 0 amide bonds. The second-order valence-electron chi connectivity index (χ2n) is 4.51. The van der Waals surface area contributed by atoms with E-state index in [1.165, 1.54) is 22.5 Å². The van der Waals surface area contributed by atoms with Gasteiger partial charge >= 0.3 is 0 Å². The van der Waals surface area contributed by atoms with Gasteiger partial charge in [0.15, 0.2) is 0 Å². The number of aromatic nitrogens is 1. The van der Waals surface area contributed by atoms with E-state index in [9.17, 15) is 0 Å². The lowest BCUT2D eigenvalue weighted by molar-refractivity contribution is 0.412. The number of nitrogen functional groups attached to an aromatic ring is 1. The van der Waals surface area contributed by atoms with Crippen molar-refractivity contribution in [2.24, 2.45) is 0 Å². The van der Waals surface area contributed by atoms with E-state index in [0.29, 0.717) is 0 Å². The lowest BCUT2D eigenvalue weighted by Crippen LogP contribution is -1.96. The van der Waals surface area contributed by atoms with Crippen LogP contribution in [0.4, 0.5) is 5.00 Å². The quantitative estimate of drug-likeness (QED) is 0.899. The number of methoxy groups -OCH3 is 1. The van der Waals surface area contributed by atoms with E-state index < -0.39 is 0 Å². The number of thiazole rings is 1.